The molecule has 6 nitrogen and oxygen atoms in total. The normalized spacial score (nSPS) is 17.8. The highest BCUT2D eigenvalue weighted by Crippen LogP contribution is 2.18. The molecule has 1 aromatic heterocycles. The summed E-state index contributed by atoms with van der Waals surface area (Å²) in [7, 11) is 0. The summed E-state index contributed by atoms with van der Waals surface area (Å²) >= 11 is 0. The molecule has 1 saturated heterocycles. The van der Waals surface area contributed by atoms with Crippen molar-refractivity contribution in [2.45, 2.75) is 20.3 Å². The summed E-state index contributed by atoms with van der Waals surface area (Å²) in [4.78, 5) is 14.4. The number of hydrogen-bond donors (Lipinski definition) is 1. The molecule has 0 bridgehead atoms. The van der Waals surface area contributed by atoms with Crippen LogP contribution in [0.1, 0.15) is 29.6 Å². The Kier molecular flexibility index (Phi) is 5.15. The third kappa shape index (κ3) is 4.35. The number of hydrogen-bond acceptors (Lipinski definition) is 5. The number of carbonyl (C=O) groups is 1. The highest BCUT2D eigenvalue weighted by molar-refractivity contribution is 6.02. The van der Waals surface area contributed by atoms with E-state index in [1.807, 2.05) is 24.3 Å². The Hall–Kier alpha value is -2.34. The second-order valence-corrected chi connectivity index (χ2v) is 6.35. The average Bonchev–Trinajstić information content (AvgIpc) is 3.18. The first kappa shape index (κ1) is 16.5. The number of rotatable bonds is 6. The Morgan fingerprint density at radius 1 is 1.42 bits per heavy atom. The van der Waals surface area contributed by atoms with Crippen LogP contribution in [0.25, 0.3) is 0 Å². The van der Waals surface area contributed by atoms with Crippen molar-refractivity contribution in [3.63, 3.8) is 0 Å². The molecular weight excluding hydrogens is 306 g/mol. The van der Waals surface area contributed by atoms with Gasteiger partial charge in [0.2, 0.25) is 5.76 Å². The molecule has 2 aromatic rings. The van der Waals surface area contributed by atoms with E-state index in [-0.39, 0.29) is 11.7 Å². The van der Waals surface area contributed by atoms with Crippen LogP contribution in [0.2, 0.25) is 0 Å². The number of anilines is 1. The topological polar surface area (TPSA) is 67.6 Å². The fourth-order valence-corrected chi connectivity index (χ4v) is 2.82. The zero-order chi connectivity index (χ0) is 16.9. The number of aryl methyl sites for hydroxylation is 1. The predicted molar refractivity (Wildman–Crippen MR) is 91.4 cm³/mol. The van der Waals surface area contributed by atoms with Crippen LogP contribution in [0.4, 0.5) is 5.69 Å². The van der Waals surface area contributed by atoms with Crippen LogP contribution >= 0.6 is 0 Å². The average molecular weight is 329 g/mol. The molecule has 0 unspecified atom stereocenters. The van der Waals surface area contributed by atoms with Gasteiger partial charge in [0.1, 0.15) is 12.4 Å². The molecule has 0 radical (unpaired) electrons. The van der Waals surface area contributed by atoms with E-state index in [2.05, 4.69) is 22.3 Å². The van der Waals surface area contributed by atoms with Gasteiger partial charge >= 0.3 is 0 Å². The highest BCUT2D eigenvalue weighted by Gasteiger charge is 2.17. The van der Waals surface area contributed by atoms with E-state index in [4.69, 9.17) is 9.26 Å². The van der Waals surface area contributed by atoms with Gasteiger partial charge in [0, 0.05) is 24.8 Å². The van der Waals surface area contributed by atoms with Crippen molar-refractivity contribution in [1.82, 2.24) is 10.1 Å². The number of nitrogens with one attached hydrogen (secondary N) is 1. The molecule has 0 saturated carbocycles. The van der Waals surface area contributed by atoms with Crippen molar-refractivity contribution < 1.29 is 14.1 Å². The van der Waals surface area contributed by atoms with Gasteiger partial charge < -0.3 is 14.6 Å². The molecule has 1 N–H and O–H groups in total. The maximum absolute atomic E-state index is 12.0. The van der Waals surface area contributed by atoms with Crippen LogP contribution in [0.5, 0.6) is 5.75 Å². The van der Waals surface area contributed by atoms with E-state index >= 15 is 0 Å². The van der Waals surface area contributed by atoms with Crippen LogP contribution in [0.3, 0.4) is 0 Å². The molecule has 0 spiro atoms. The van der Waals surface area contributed by atoms with Crippen LogP contribution in [0, 0.1) is 12.8 Å². The Balaban J connectivity index is 1.45. The smallest absolute Gasteiger partial charge is 0.294 e. The fraction of sp³-hybridized carbons (Fsp3) is 0.444. The van der Waals surface area contributed by atoms with E-state index in [9.17, 15) is 4.79 Å². The lowest BCUT2D eigenvalue weighted by molar-refractivity contribution is 0.0988. The maximum atomic E-state index is 12.0. The molecule has 128 valence electrons. The third-order valence-electron chi connectivity index (χ3n) is 4.15. The zero-order valence-corrected chi connectivity index (χ0v) is 14.1. The number of carbonyl (C=O) groups excluding carboxylic acids is 1. The summed E-state index contributed by atoms with van der Waals surface area (Å²) in [5.74, 6) is 1.48. The number of nitrogens with zero attached hydrogens (tertiary/aromatic N) is 2. The minimum absolute atomic E-state index is 0.202. The number of benzene rings is 1. The van der Waals surface area contributed by atoms with Gasteiger partial charge in [-0.15, -0.1) is 0 Å². The highest BCUT2D eigenvalue weighted by atomic mass is 16.5. The Morgan fingerprint density at radius 3 is 2.83 bits per heavy atom. The fourth-order valence-electron chi connectivity index (χ4n) is 2.82. The molecule has 0 aliphatic carbocycles. The van der Waals surface area contributed by atoms with E-state index in [1.165, 1.54) is 6.42 Å². The molecule has 1 atom stereocenters. The summed E-state index contributed by atoms with van der Waals surface area (Å²) < 4.78 is 10.7. The molecule has 1 aromatic carbocycles. The van der Waals surface area contributed by atoms with E-state index in [0.717, 1.165) is 31.3 Å². The lowest BCUT2D eigenvalue weighted by Gasteiger charge is -2.15. The van der Waals surface area contributed by atoms with Crippen LogP contribution in [-0.4, -0.2) is 42.2 Å². The van der Waals surface area contributed by atoms with Gasteiger partial charge in [0.15, 0.2) is 0 Å². The summed E-state index contributed by atoms with van der Waals surface area (Å²) in [5, 5.41) is 6.47. The van der Waals surface area contributed by atoms with Crippen molar-refractivity contribution >= 4 is 11.6 Å². The van der Waals surface area contributed by atoms with Crippen molar-refractivity contribution in [3.05, 3.63) is 41.8 Å². The van der Waals surface area contributed by atoms with E-state index in [1.54, 1.807) is 13.0 Å². The molecule has 1 aliphatic heterocycles. The van der Waals surface area contributed by atoms with Gasteiger partial charge in [0.25, 0.3) is 5.91 Å². The molecule has 2 heterocycles. The van der Waals surface area contributed by atoms with Gasteiger partial charge in [0.05, 0.1) is 5.69 Å². The second kappa shape index (κ2) is 7.49. The number of amides is 1. The van der Waals surface area contributed by atoms with E-state index < -0.39 is 0 Å². The number of likely N-dealkylation sites (tertiary alicyclic amines) is 1. The number of ether oxygens (including phenoxy) is 1. The van der Waals surface area contributed by atoms with Crippen molar-refractivity contribution in [2.75, 3.05) is 31.6 Å². The first-order valence-electron chi connectivity index (χ1n) is 8.30. The summed E-state index contributed by atoms with van der Waals surface area (Å²) in [6.07, 6.45) is 1.28. The first-order chi connectivity index (χ1) is 11.6. The molecule has 3 rings (SSSR count). The molecule has 6 heteroatoms. The van der Waals surface area contributed by atoms with Crippen molar-refractivity contribution in [3.8, 4) is 5.75 Å². The van der Waals surface area contributed by atoms with Crippen molar-refractivity contribution in [1.29, 1.82) is 0 Å². The first-order valence-corrected chi connectivity index (χ1v) is 8.30. The Labute approximate surface area is 141 Å². The van der Waals surface area contributed by atoms with Crippen LogP contribution in [0.15, 0.2) is 34.9 Å². The SMILES string of the molecule is Cc1cc(C(=O)Nc2ccc(OCCN3CC[C@@H](C)C3)cc2)on1. The summed E-state index contributed by atoms with van der Waals surface area (Å²) in [6, 6.07) is 8.94. The molecule has 24 heavy (non-hydrogen) atoms. The Morgan fingerprint density at radius 2 is 2.21 bits per heavy atom. The Bertz CT molecular complexity index is 681. The summed E-state index contributed by atoms with van der Waals surface area (Å²) in [6.45, 7) is 8.01. The van der Waals surface area contributed by atoms with Crippen LogP contribution in [-0.2, 0) is 0 Å². The van der Waals surface area contributed by atoms with Gasteiger partial charge in [-0.2, -0.15) is 0 Å². The predicted octanol–water partition coefficient (Wildman–Crippen LogP) is 2.96. The molecule has 1 amide bonds. The maximum Gasteiger partial charge on any atom is 0.294 e. The van der Waals surface area contributed by atoms with Gasteiger partial charge in [-0.25, -0.2) is 0 Å². The molecule has 1 fully saturated rings. The van der Waals surface area contributed by atoms with Gasteiger partial charge in [-0.1, -0.05) is 12.1 Å². The lowest BCUT2D eigenvalue weighted by atomic mass is 10.2. The monoisotopic (exact) mass is 329 g/mol. The largest absolute Gasteiger partial charge is 0.492 e. The quantitative estimate of drug-likeness (QED) is 0.882. The molecule has 1 aliphatic rings. The number of aromatic nitrogens is 1. The summed E-state index contributed by atoms with van der Waals surface area (Å²) in [5.41, 5.74) is 1.37. The second-order valence-electron chi connectivity index (χ2n) is 6.35. The minimum Gasteiger partial charge on any atom is -0.492 e. The van der Waals surface area contributed by atoms with E-state index in [0.29, 0.717) is 18.0 Å². The van der Waals surface area contributed by atoms with Gasteiger partial charge in [-0.3, -0.25) is 9.69 Å². The van der Waals surface area contributed by atoms with Crippen molar-refractivity contribution in [2.24, 2.45) is 5.92 Å². The minimum atomic E-state index is -0.313. The standard InChI is InChI=1S/C18H23N3O3/c1-13-7-8-21(12-13)9-10-23-16-5-3-15(4-6-16)19-18(22)17-11-14(2)20-24-17/h3-6,11,13H,7-10,12H2,1-2H3,(H,19,22)/t13-/m1/s1. The van der Waals surface area contributed by atoms with Crippen LogP contribution < -0.4 is 10.1 Å². The van der Waals surface area contributed by atoms with Gasteiger partial charge in [-0.05, 0) is 50.1 Å². The third-order valence-corrected chi connectivity index (χ3v) is 4.15. The molecular formula is C18H23N3O3. The zero-order valence-electron chi connectivity index (χ0n) is 14.1. The lowest BCUT2D eigenvalue weighted by Crippen LogP contribution is -2.25.